The number of thiocarbonyl (C=S) groups is 1. The Morgan fingerprint density at radius 3 is 2.71 bits per heavy atom. The molecule has 6 heteroatoms. The van der Waals surface area contributed by atoms with Crippen LogP contribution in [0.2, 0.25) is 0 Å². The van der Waals surface area contributed by atoms with Crippen LogP contribution >= 0.6 is 24.0 Å². The Kier molecular flexibility index (Phi) is 5.71. The molecule has 1 amide bonds. The number of rotatable bonds is 4. The lowest BCUT2D eigenvalue weighted by atomic mass is 10.1. The fourth-order valence-electron chi connectivity index (χ4n) is 2.89. The van der Waals surface area contributed by atoms with Crippen molar-refractivity contribution in [1.82, 2.24) is 9.80 Å². The molecule has 0 unspecified atom stereocenters. The Morgan fingerprint density at radius 2 is 2.00 bits per heavy atom. The number of morpholine rings is 1. The summed E-state index contributed by atoms with van der Waals surface area (Å²) in [5.41, 5.74) is 3.48. The molecule has 2 fully saturated rings. The van der Waals surface area contributed by atoms with Gasteiger partial charge in [0.25, 0.3) is 5.91 Å². The molecule has 4 nitrogen and oxygen atoms in total. The summed E-state index contributed by atoms with van der Waals surface area (Å²) in [6.45, 7) is 9.01. The third-order valence-electron chi connectivity index (χ3n) is 4.33. The Bertz CT molecular complexity index is 682. The summed E-state index contributed by atoms with van der Waals surface area (Å²) in [6, 6.07) is 6.26. The predicted molar refractivity (Wildman–Crippen MR) is 103 cm³/mol. The molecule has 24 heavy (non-hydrogen) atoms. The molecule has 2 aliphatic rings. The van der Waals surface area contributed by atoms with Crippen molar-refractivity contribution in [2.75, 3.05) is 39.4 Å². The molecule has 128 valence electrons. The number of carbonyl (C=O) groups excluding carboxylic acids is 1. The van der Waals surface area contributed by atoms with Gasteiger partial charge in [0.15, 0.2) is 0 Å². The number of hydrogen-bond donors (Lipinski definition) is 0. The molecule has 0 radical (unpaired) electrons. The van der Waals surface area contributed by atoms with Gasteiger partial charge in [0, 0.05) is 26.2 Å². The van der Waals surface area contributed by atoms with Crippen LogP contribution < -0.4 is 0 Å². The third-order valence-corrected chi connectivity index (χ3v) is 5.71. The van der Waals surface area contributed by atoms with Gasteiger partial charge >= 0.3 is 0 Å². The second kappa shape index (κ2) is 7.78. The van der Waals surface area contributed by atoms with Crippen molar-refractivity contribution in [1.29, 1.82) is 0 Å². The first-order valence-corrected chi connectivity index (χ1v) is 9.40. The average Bonchev–Trinajstić information content (AvgIpc) is 2.83. The summed E-state index contributed by atoms with van der Waals surface area (Å²) in [7, 11) is 0. The minimum atomic E-state index is 0.0261. The molecule has 2 saturated heterocycles. The maximum Gasteiger partial charge on any atom is 0.266 e. The molecule has 0 aliphatic carbocycles. The number of aryl methyl sites for hydroxylation is 2. The normalized spacial score (nSPS) is 21.1. The van der Waals surface area contributed by atoms with Gasteiger partial charge in [-0.15, -0.1) is 0 Å². The molecule has 0 N–H and O–H groups in total. The molecule has 2 heterocycles. The quantitative estimate of drug-likeness (QED) is 0.608. The summed E-state index contributed by atoms with van der Waals surface area (Å²) in [6.07, 6.45) is 1.96. The Labute approximate surface area is 152 Å². The van der Waals surface area contributed by atoms with Crippen LogP contribution in [0.25, 0.3) is 6.08 Å². The SMILES string of the molecule is Cc1ccc(/C=C2/SC(=S)N(CCN3CCOCC3)C2=O)c(C)c1. The van der Waals surface area contributed by atoms with Crippen LogP contribution in [0.1, 0.15) is 16.7 Å². The standard InChI is InChI=1S/C18H22N2O2S2/c1-13-3-4-15(14(2)11-13)12-16-17(21)20(18(23)24-16)6-5-19-7-9-22-10-8-19/h3-4,11-12H,5-10H2,1-2H3/b16-12+. The number of hydrogen-bond acceptors (Lipinski definition) is 5. The van der Waals surface area contributed by atoms with Crippen molar-refractivity contribution < 1.29 is 9.53 Å². The minimum Gasteiger partial charge on any atom is -0.379 e. The van der Waals surface area contributed by atoms with E-state index in [4.69, 9.17) is 17.0 Å². The fourth-order valence-corrected chi connectivity index (χ4v) is 4.19. The molecule has 3 rings (SSSR count). The van der Waals surface area contributed by atoms with Gasteiger partial charge in [-0.1, -0.05) is 47.7 Å². The molecule has 0 atom stereocenters. The largest absolute Gasteiger partial charge is 0.379 e. The highest BCUT2D eigenvalue weighted by Crippen LogP contribution is 2.33. The highest BCUT2D eigenvalue weighted by Gasteiger charge is 2.32. The predicted octanol–water partition coefficient (Wildman–Crippen LogP) is 2.84. The number of carbonyl (C=O) groups is 1. The van der Waals surface area contributed by atoms with Crippen LogP contribution in [0.15, 0.2) is 23.1 Å². The highest BCUT2D eigenvalue weighted by molar-refractivity contribution is 8.26. The molecule has 2 aliphatic heterocycles. The molecule has 0 aromatic heterocycles. The van der Waals surface area contributed by atoms with Gasteiger partial charge in [-0.05, 0) is 31.1 Å². The van der Waals surface area contributed by atoms with Crippen molar-refractivity contribution in [3.63, 3.8) is 0 Å². The first kappa shape index (κ1) is 17.6. The lowest BCUT2D eigenvalue weighted by molar-refractivity contribution is -0.122. The van der Waals surface area contributed by atoms with Gasteiger partial charge in [-0.3, -0.25) is 14.6 Å². The van der Waals surface area contributed by atoms with E-state index < -0.39 is 0 Å². The van der Waals surface area contributed by atoms with E-state index in [1.807, 2.05) is 6.08 Å². The van der Waals surface area contributed by atoms with Crippen molar-refractivity contribution in [2.45, 2.75) is 13.8 Å². The Hall–Kier alpha value is -1.21. The lowest BCUT2D eigenvalue weighted by Gasteiger charge is -2.28. The second-order valence-electron chi connectivity index (χ2n) is 6.15. The molecule has 1 aromatic rings. The average molecular weight is 363 g/mol. The number of nitrogens with zero attached hydrogens (tertiary/aromatic N) is 2. The molecule has 0 bridgehead atoms. The van der Waals surface area contributed by atoms with Crippen LogP contribution in [0.4, 0.5) is 0 Å². The van der Waals surface area contributed by atoms with Crippen LogP contribution in [0, 0.1) is 13.8 Å². The third kappa shape index (κ3) is 4.06. The number of amides is 1. The monoisotopic (exact) mass is 362 g/mol. The summed E-state index contributed by atoms with van der Waals surface area (Å²) < 4.78 is 6.01. The van der Waals surface area contributed by atoms with Crippen LogP contribution in [-0.4, -0.2) is 59.4 Å². The van der Waals surface area contributed by atoms with Crippen LogP contribution in [-0.2, 0) is 9.53 Å². The van der Waals surface area contributed by atoms with Crippen LogP contribution in [0.3, 0.4) is 0 Å². The lowest BCUT2D eigenvalue weighted by Crippen LogP contribution is -2.42. The summed E-state index contributed by atoms with van der Waals surface area (Å²) in [5, 5.41) is 0. The van der Waals surface area contributed by atoms with E-state index in [1.54, 1.807) is 4.90 Å². The summed E-state index contributed by atoms with van der Waals surface area (Å²) >= 11 is 6.82. The van der Waals surface area contributed by atoms with E-state index in [-0.39, 0.29) is 5.91 Å². The molecular formula is C18H22N2O2S2. The van der Waals surface area contributed by atoms with Gasteiger partial charge in [0.05, 0.1) is 18.1 Å². The number of thioether (sulfide) groups is 1. The molecule has 1 aromatic carbocycles. The first-order valence-electron chi connectivity index (χ1n) is 8.17. The van der Waals surface area contributed by atoms with E-state index in [9.17, 15) is 4.79 Å². The second-order valence-corrected chi connectivity index (χ2v) is 7.82. The summed E-state index contributed by atoms with van der Waals surface area (Å²) in [5.74, 6) is 0.0261. The molecular weight excluding hydrogens is 340 g/mol. The maximum atomic E-state index is 12.7. The van der Waals surface area contributed by atoms with E-state index in [0.29, 0.717) is 15.8 Å². The highest BCUT2D eigenvalue weighted by atomic mass is 32.2. The zero-order valence-corrected chi connectivity index (χ0v) is 15.7. The number of ether oxygens (including phenoxy) is 1. The van der Waals surface area contributed by atoms with Crippen molar-refractivity contribution >= 4 is 40.3 Å². The van der Waals surface area contributed by atoms with Crippen molar-refractivity contribution in [3.8, 4) is 0 Å². The maximum absolute atomic E-state index is 12.7. The van der Waals surface area contributed by atoms with Crippen molar-refractivity contribution in [3.05, 3.63) is 39.8 Å². The zero-order valence-electron chi connectivity index (χ0n) is 14.1. The molecule has 0 spiro atoms. The Morgan fingerprint density at radius 1 is 1.25 bits per heavy atom. The topological polar surface area (TPSA) is 32.8 Å². The molecule has 0 saturated carbocycles. The zero-order chi connectivity index (χ0) is 17.1. The fraction of sp³-hybridized carbons (Fsp3) is 0.444. The van der Waals surface area contributed by atoms with Gasteiger partial charge in [-0.2, -0.15) is 0 Å². The van der Waals surface area contributed by atoms with Gasteiger partial charge < -0.3 is 4.74 Å². The van der Waals surface area contributed by atoms with E-state index in [1.165, 1.54) is 22.9 Å². The van der Waals surface area contributed by atoms with E-state index >= 15 is 0 Å². The van der Waals surface area contributed by atoms with E-state index in [2.05, 4.69) is 36.9 Å². The first-order chi connectivity index (χ1) is 11.5. The van der Waals surface area contributed by atoms with Crippen LogP contribution in [0.5, 0.6) is 0 Å². The summed E-state index contributed by atoms with van der Waals surface area (Å²) in [4.78, 5) is 17.4. The van der Waals surface area contributed by atoms with Gasteiger partial charge in [-0.25, -0.2) is 0 Å². The van der Waals surface area contributed by atoms with Crippen molar-refractivity contribution in [2.24, 2.45) is 0 Å². The van der Waals surface area contributed by atoms with E-state index in [0.717, 1.165) is 38.4 Å². The number of benzene rings is 1. The smallest absolute Gasteiger partial charge is 0.266 e. The van der Waals surface area contributed by atoms with Gasteiger partial charge in [0.1, 0.15) is 4.32 Å². The van der Waals surface area contributed by atoms with Gasteiger partial charge in [0.2, 0.25) is 0 Å². The Balaban J connectivity index is 1.67. The minimum absolute atomic E-state index is 0.0261.